The van der Waals surface area contributed by atoms with Crippen LogP contribution in [-0.4, -0.2) is 18.0 Å². The quantitative estimate of drug-likeness (QED) is 0.930. The summed E-state index contributed by atoms with van der Waals surface area (Å²) in [5.74, 6) is 0.751. The lowest BCUT2D eigenvalue weighted by Gasteiger charge is -2.07. The van der Waals surface area contributed by atoms with Gasteiger partial charge >= 0.3 is 0 Å². The zero-order valence-electron chi connectivity index (χ0n) is 11.2. The highest BCUT2D eigenvalue weighted by atomic mass is 32.1. The fraction of sp³-hybridized carbons (Fsp3) is 0.286. The highest BCUT2D eigenvalue weighted by Gasteiger charge is 2.11. The molecule has 0 spiro atoms. The van der Waals surface area contributed by atoms with Gasteiger partial charge < -0.3 is 10.1 Å². The van der Waals surface area contributed by atoms with Crippen molar-refractivity contribution in [1.82, 2.24) is 4.98 Å². The minimum absolute atomic E-state index is 0.0305. The first kappa shape index (κ1) is 13.5. The van der Waals surface area contributed by atoms with E-state index in [1.165, 1.54) is 11.3 Å². The Morgan fingerprint density at radius 2 is 2.26 bits per heavy atom. The molecule has 1 heterocycles. The van der Waals surface area contributed by atoms with Crippen LogP contribution in [0.2, 0.25) is 0 Å². The normalized spacial score (nSPS) is 10.3. The molecule has 0 bridgehead atoms. The molecule has 0 atom stereocenters. The van der Waals surface area contributed by atoms with Gasteiger partial charge in [0.2, 0.25) is 5.91 Å². The van der Waals surface area contributed by atoms with Crippen molar-refractivity contribution < 1.29 is 9.53 Å². The Labute approximate surface area is 116 Å². The molecule has 100 valence electrons. The van der Waals surface area contributed by atoms with Crippen LogP contribution < -0.4 is 10.1 Å². The minimum atomic E-state index is -0.0305. The molecule has 0 aliphatic carbocycles. The van der Waals surface area contributed by atoms with Crippen LogP contribution in [0.15, 0.2) is 23.6 Å². The summed E-state index contributed by atoms with van der Waals surface area (Å²) in [5.41, 5.74) is 2.90. The number of rotatable bonds is 4. The first-order chi connectivity index (χ1) is 9.13. The average molecular weight is 276 g/mol. The van der Waals surface area contributed by atoms with E-state index in [9.17, 15) is 4.79 Å². The van der Waals surface area contributed by atoms with Crippen molar-refractivity contribution in [3.8, 4) is 17.0 Å². The number of ether oxygens (including phenoxy) is 1. The van der Waals surface area contributed by atoms with Crippen molar-refractivity contribution in [2.75, 3.05) is 12.4 Å². The Balaban J connectivity index is 2.32. The molecule has 1 amide bonds. The van der Waals surface area contributed by atoms with Gasteiger partial charge in [0.05, 0.1) is 12.8 Å². The molecule has 0 saturated carbocycles. The second-order valence-electron chi connectivity index (χ2n) is 4.14. The summed E-state index contributed by atoms with van der Waals surface area (Å²) in [6.07, 6.45) is 0.447. The Hall–Kier alpha value is -1.88. The maximum absolute atomic E-state index is 11.3. The molecule has 0 unspecified atom stereocenters. The van der Waals surface area contributed by atoms with Gasteiger partial charge in [-0.25, -0.2) is 4.98 Å². The third kappa shape index (κ3) is 3.12. The number of carbonyl (C=O) groups excluding carboxylic acids is 1. The van der Waals surface area contributed by atoms with Gasteiger partial charge in [-0.15, -0.1) is 11.3 Å². The monoisotopic (exact) mass is 276 g/mol. The van der Waals surface area contributed by atoms with Crippen molar-refractivity contribution >= 4 is 22.4 Å². The number of aromatic nitrogens is 1. The molecule has 0 saturated heterocycles. The molecular formula is C14H16N2O2S. The molecule has 0 fully saturated rings. The lowest BCUT2D eigenvalue weighted by molar-refractivity contribution is -0.115. The Morgan fingerprint density at radius 3 is 2.95 bits per heavy atom. The van der Waals surface area contributed by atoms with Crippen molar-refractivity contribution in [2.45, 2.75) is 20.3 Å². The third-order valence-electron chi connectivity index (χ3n) is 2.70. The van der Waals surface area contributed by atoms with E-state index in [0.29, 0.717) is 11.6 Å². The van der Waals surface area contributed by atoms with Crippen molar-refractivity contribution in [1.29, 1.82) is 0 Å². The number of benzene rings is 1. The van der Waals surface area contributed by atoms with E-state index in [0.717, 1.165) is 22.6 Å². The lowest BCUT2D eigenvalue weighted by atomic mass is 10.1. The van der Waals surface area contributed by atoms with Crippen molar-refractivity contribution in [3.05, 3.63) is 29.1 Å². The average Bonchev–Trinajstić information content (AvgIpc) is 2.86. The first-order valence-corrected chi connectivity index (χ1v) is 6.92. The lowest BCUT2D eigenvalue weighted by Crippen LogP contribution is -2.08. The maximum Gasteiger partial charge on any atom is 0.225 e. The van der Waals surface area contributed by atoms with Crippen LogP contribution in [0.5, 0.6) is 5.75 Å². The molecule has 5 heteroatoms. The van der Waals surface area contributed by atoms with Crippen molar-refractivity contribution in [3.63, 3.8) is 0 Å². The van der Waals surface area contributed by atoms with E-state index in [1.54, 1.807) is 7.11 Å². The molecule has 1 aromatic heterocycles. The summed E-state index contributed by atoms with van der Waals surface area (Å²) in [6.45, 7) is 3.84. The van der Waals surface area contributed by atoms with Crippen LogP contribution in [0.25, 0.3) is 11.3 Å². The van der Waals surface area contributed by atoms with Gasteiger partial charge in [-0.2, -0.15) is 0 Å². The molecule has 0 aliphatic heterocycles. The zero-order valence-corrected chi connectivity index (χ0v) is 12.0. The summed E-state index contributed by atoms with van der Waals surface area (Å²) in [7, 11) is 1.64. The number of amides is 1. The smallest absolute Gasteiger partial charge is 0.225 e. The molecular weight excluding hydrogens is 260 g/mol. The Kier molecular flexibility index (Phi) is 4.16. The second-order valence-corrected chi connectivity index (χ2v) is 5.00. The van der Waals surface area contributed by atoms with Crippen LogP contribution in [0.4, 0.5) is 5.13 Å². The summed E-state index contributed by atoms with van der Waals surface area (Å²) in [4.78, 5) is 15.8. The van der Waals surface area contributed by atoms with Crippen LogP contribution >= 0.6 is 11.3 Å². The number of carbonyl (C=O) groups is 1. The summed E-state index contributed by atoms with van der Waals surface area (Å²) in [6, 6.07) is 5.95. The van der Waals surface area contributed by atoms with Gasteiger partial charge in [0, 0.05) is 17.4 Å². The van der Waals surface area contributed by atoms with E-state index < -0.39 is 0 Å². The number of nitrogens with one attached hydrogen (secondary N) is 1. The van der Waals surface area contributed by atoms with Crippen LogP contribution in [-0.2, 0) is 4.79 Å². The highest BCUT2D eigenvalue weighted by Crippen LogP contribution is 2.32. The largest absolute Gasteiger partial charge is 0.496 e. The van der Waals surface area contributed by atoms with Gasteiger partial charge in [0.25, 0.3) is 0 Å². The van der Waals surface area contributed by atoms with Crippen LogP contribution in [0, 0.1) is 6.92 Å². The standard InChI is InChI=1S/C14H16N2O2S/c1-4-13(17)16-14-15-11(8-19-14)10-7-9(2)5-6-12(10)18-3/h5-8H,4H2,1-3H3,(H,15,16,17). The number of methoxy groups -OCH3 is 1. The fourth-order valence-corrected chi connectivity index (χ4v) is 2.41. The number of aryl methyl sites for hydroxylation is 1. The number of thiazole rings is 1. The molecule has 19 heavy (non-hydrogen) atoms. The second kappa shape index (κ2) is 5.84. The molecule has 2 aromatic rings. The van der Waals surface area contributed by atoms with Gasteiger partial charge in [-0.05, 0) is 19.1 Å². The van der Waals surface area contributed by atoms with E-state index in [1.807, 2.05) is 37.4 Å². The topological polar surface area (TPSA) is 51.2 Å². The summed E-state index contributed by atoms with van der Waals surface area (Å²) in [5, 5.41) is 5.30. The van der Waals surface area contributed by atoms with E-state index in [2.05, 4.69) is 10.3 Å². The molecule has 0 radical (unpaired) electrons. The summed E-state index contributed by atoms with van der Waals surface area (Å²) < 4.78 is 5.34. The minimum Gasteiger partial charge on any atom is -0.496 e. The van der Waals surface area contributed by atoms with E-state index in [4.69, 9.17) is 4.74 Å². The fourth-order valence-electron chi connectivity index (χ4n) is 1.68. The first-order valence-electron chi connectivity index (χ1n) is 6.04. The SMILES string of the molecule is CCC(=O)Nc1nc(-c2cc(C)ccc2OC)cs1. The maximum atomic E-state index is 11.3. The highest BCUT2D eigenvalue weighted by molar-refractivity contribution is 7.14. The number of hydrogen-bond acceptors (Lipinski definition) is 4. The van der Waals surface area contributed by atoms with E-state index >= 15 is 0 Å². The predicted molar refractivity (Wildman–Crippen MR) is 77.8 cm³/mol. The molecule has 2 rings (SSSR count). The summed E-state index contributed by atoms with van der Waals surface area (Å²) >= 11 is 1.41. The van der Waals surface area contributed by atoms with Crippen LogP contribution in [0.1, 0.15) is 18.9 Å². The predicted octanol–water partition coefficient (Wildman–Crippen LogP) is 3.48. The van der Waals surface area contributed by atoms with Crippen molar-refractivity contribution in [2.24, 2.45) is 0 Å². The molecule has 0 aliphatic rings. The number of nitrogens with zero attached hydrogens (tertiary/aromatic N) is 1. The van der Waals surface area contributed by atoms with Gasteiger partial charge in [0.15, 0.2) is 5.13 Å². The molecule has 4 nitrogen and oxygen atoms in total. The zero-order chi connectivity index (χ0) is 13.8. The van der Waals surface area contributed by atoms with E-state index in [-0.39, 0.29) is 5.91 Å². The number of hydrogen-bond donors (Lipinski definition) is 1. The Morgan fingerprint density at radius 1 is 1.47 bits per heavy atom. The van der Waals surface area contributed by atoms with Gasteiger partial charge in [0.1, 0.15) is 5.75 Å². The third-order valence-corrected chi connectivity index (χ3v) is 3.46. The number of anilines is 1. The van der Waals surface area contributed by atoms with Crippen LogP contribution in [0.3, 0.4) is 0 Å². The van der Waals surface area contributed by atoms with Gasteiger partial charge in [-0.3, -0.25) is 4.79 Å². The molecule has 1 aromatic carbocycles. The molecule has 1 N–H and O–H groups in total. The Bertz CT molecular complexity index is 593. The van der Waals surface area contributed by atoms with Gasteiger partial charge in [-0.1, -0.05) is 18.6 Å².